The van der Waals surface area contributed by atoms with Gasteiger partial charge in [0.25, 0.3) is 0 Å². The van der Waals surface area contributed by atoms with Gasteiger partial charge >= 0.3 is 12.0 Å². The number of nitrogens with zero attached hydrogens (tertiary/aromatic N) is 1. The lowest BCUT2D eigenvalue weighted by atomic mass is 9.91. The number of aliphatic carboxylic acids is 1. The highest BCUT2D eigenvalue weighted by Gasteiger charge is 2.49. The van der Waals surface area contributed by atoms with E-state index in [0.717, 1.165) is 18.6 Å². The average molecular weight is 298 g/mol. The molecule has 1 unspecified atom stereocenters. The van der Waals surface area contributed by atoms with Crippen molar-refractivity contribution >= 4 is 23.8 Å². The van der Waals surface area contributed by atoms with Gasteiger partial charge in [0.2, 0.25) is 0 Å². The number of hydrogen-bond donors (Lipinski definition) is 2. The van der Waals surface area contributed by atoms with Crippen LogP contribution in [0.25, 0.3) is 0 Å². The second-order valence-corrected chi connectivity index (χ2v) is 5.94. The second-order valence-electron chi connectivity index (χ2n) is 4.83. The van der Waals surface area contributed by atoms with E-state index in [2.05, 4.69) is 11.2 Å². The third-order valence-corrected chi connectivity index (χ3v) is 4.37. The summed E-state index contributed by atoms with van der Waals surface area (Å²) in [7, 11) is 0. The van der Waals surface area contributed by atoms with Crippen LogP contribution in [-0.2, 0) is 4.79 Å². The Kier molecular flexibility index (Phi) is 6.73. The van der Waals surface area contributed by atoms with Crippen molar-refractivity contribution < 1.29 is 14.7 Å². The van der Waals surface area contributed by atoms with Crippen LogP contribution in [0.3, 0.4) is 0 Å². The Morgan fingerprint density at radius 1 is 1.55 bits per heavy atom. The van der Waals surface area contributed by atoms with Gasteiger partial charge in [-0.05, 0) is 19.3 Å². The first-order chi connectivity index (χ1) is 9.58. The summed E-state index contributed by atoms with van der Waals surface area (Å²) in [5.41, 5.74) is -1.02. The average Bonchev–Trinajstić information content (AvgIpc) is 2.84. The number of carbonyl (C=O) groups excluding carboxylic acids is 1. The molecule has 1 aliphatic rings. The first-order valence-corrected chi connectivity index (χ1v) is 8.04. The maximum absolute atomic E-state index is 12.2. The fraction of sp³-hybridized carbons (Fsp3) is 0.714. The van der Waals surface area contributed by atoms with Crippen LogP contribution in [0, 0.1) is 12.3 Å². The molecule has 0 aromatic heterocycles. The van der Waals surface area contributed by atoms with Crippen LogP contribution in [0.15, 0.2) is 0 Å². The van der Waals surface area contributed by atoms with Crippen molar-refractivity contribution in [3.05, 3.63) is 0 Å². The summed E-state index contributed by atoms with van der Waals surface area (Å²) in [5, 5.41) is 12.3. The minimum absolute atomic E-state index is 0.278. The first-order valence-electron chi connectivity index (χ1n) is 6.88. The van der Waals surface area contributed by atoms with Crippen molar-refractivity contribution in [2.75, 3.05) is 24.6 Å². The van der Waals surface area contributed by atoms with Gasteiger partial charge in [-0.1, -0.05) is 19.3 Å². The summed E-state index contributed by atoms with van der Waals surface area (Å²) in [6.07, 6.45) is 7.67. The molecule has 1 heterocycles. The molecule has 1 atom stereocenters. The molecule has 0 aromatic rings. The number of rotatable bonds is 7. The number of nitrogens with one attached hydrogen (secondary N) is 1. The summed E-state index contributed by atoms with van der Waals surface area (Å²) in [5.74, 6) is 2.98. The van der Waals surface area contributed by atoms with Gasteiger partial charge in [0.1, 0.15) is 5.54 Å². The number of amides is 2. The van der Waals surface area contributed by atoms with Gasteiger partial charge in [-0.2, -0.15) is 0 Å². The quantitative estimate of drug-likeness (QED) is 0.555. The number of thioether (sulfide) groups is 1. The van der Waals surface area contributed by atoms with E-state index >= 15 is 0 Å². The van der Waals surface area contributed by atoms with Crippen LogP contribution < -0.4 is 5.32 Å². The molecule has 2 amide bonds. The van der Waals surface area contributed by atoms with E-state index in [1.54, 1.807) is 11.8 Å². The number of likely N-dealkylation sites (tertiary alicyclic amines) is 1. The van der Waals surface area contributed by atoms with Gasteiger partial charge in [-0.3, -0.25) is 0 Å². The van der Waals surface area contributed by atoms with Crippen molar-refractivity contribution in [1.29, 1.82) is 0 Å². The van der Waals surface area contributed by atoms with Gasteiger partial charge < -0.3 is 15.3 Å². The molecule has 0 saturated carbocycles. The van der Waals surface area contributed by atoms with Gasteiger partial charge in [0, 0.05) is 18.8 Å². The molecule has 6 heteroatoms. The zero-order chi connectivity index (χ0) is 15.0. The zero-order valence-electron chi connectivity index (χ0n) is 11.9. The summed E-state index contributed by atoms with van der Waals surface area (Å²) >= 11 is 1.57. The molecule has 20 heavy (non-hydrogen) atoms. The first kappa shape index (κ1) is 16.7. The van der Waals surface area contributed by atoms with Crippen LogP contribution in [0.2, 0.25) is 0 Å². The Morgan fingerprint density at radius 3 is 2.90 bits per heavy atom. The van der Waals surface area contributed by atoms with Gasteiger partial charge in [-0.25, -0.2) is 9.59 Å². The highest BCUT2D eigenvalue weighted by Crippen LogP contribution is 2.33. The lowest BCUT2D eigenvalue weighted by Crippen LogP contribution is -2.56. The third kappa shape index (κ3) is 3.83. The Hall–Kier alpha value is -1.35. The molecule has 1 saturated heterocycles. The Morgan fingerprint density at radius 2 is 2.30 bits per heavy atom. The van der Waals surface area contributed by atoms with Crippen molar-refractivity contribution in [1.82, 2.24) is 10.2 Å². The molecule has 1 aliphatic heterocycles. The van der Waals surface area contributed by atoms with Gasteiger partial charge in [-0.15, -0.1) is 18.2 Å². The lowest BCUT2D eigenvalue weighted by molar-refractivity contribution is -0.148. The predicted octanol–water partition coefficient (Wildman–Crippen LogP) is 1.78. The van der Waals surface area contributed by atoms with E-state index in [1.807, 2.05) is 6.92 Å². The van der Waals surface area contributed by atoms with Gasteiger partial charge in [0.15, 0.2) is 0 Å². The van der Waals surface area contributed by atoms with Crippen LogP contribution in [0.4, 0.5) is 4.79 Å². The Labute approximate surface area is 124 Å². The molecular formula is C14H22N2O3S. The number of terminal acetylenes is 1. The predicted molar refractivity (Wildman–Crippen MR) is 80.8 cm³/mol. The van der Waals surface area contributed by atoms with E-state index < -0.39 is 11.5 Å². The van der Waals surface area contributed by atoms with Crippen molar-refractivity contribution in [3.63, 3.8) is 0 Å². The van der Waals surface area contributed by atoms with Crippen LogP contribution in [0.1, 0.15) is 32.6 Å². The van der Waals surface area contributed by atoms with Crippen molar-refractivity contribution in [2.45, 2.75) is 38.1 Å². The molecule has 0 radical (unpaired) electrons. The summed E-state index contributed by atoms with van der Waals surface area (Å²) < 4.78 is 0. The summed E-state index contributed by atoms with van der Waals surface area (Å²) in [6.45, 7) is 2.95. The van der Waals surface area contributed by atoms with Crippen molar-refractivity contribution in [2.24, 2.45) is 0 Å². The molecular weight excluding hydrogens is 276 g/mol. The summed E-state index contributed by atoms with van der Waals surface area (Å²) in [6, 6.07) is -0.278. The third-order valence-electron chi connectivity index (χ3n) is 3.50. The largest absolute Gasteiger partial charge is 0.479 e. The van der Waals surface area contributed by atoms with Crippen molar-refractivity contribution in [3.8, 4) is 12.3 Å². The number of carboxylic acid groups (broad SMARTS) is 1. The smallest absolute Gasteiger partial charge is 0.329 e. The van der Waals surface area contributed by atoms with E-state index in [4.69, 9.17) is 6.42 Å². The fourth-order valence-corrected chi connectivity index (χ4v) is 3.14. The van der Waals surface area contributed by atoms with Gasteiger partial charge in [0.05, 0.1) is 5.75 Å². The molecule has 0 aliphatic carbocycles. The number of carboxylic acids is 1. The van der Waals surface area contributed by atoms with Crippen LogP contribution >= 0.6 is 11.8 Å². The fourth-order valence-electron chi connectivity index (χ4n) is 2.63. The zero-order valence-corrected chi connectivity index (χ0v) is 12.7. The molecule has 0 aromatic carbocycles. The maximum atomic E-state index is 12.2. The Bertz CT molecular complexity index is 394. The molecule has 1 rings (SSSR count). The number of carbonyl (C=O) groups is 2. The topological polar surface area (TPSA) is 69.6 Å². The molecule has 112 valence electrons. The highest BCUT2D eigenvalue weighted by atomic mass is 32.2. The molecule has 0 bridgehead atoms. The Balaban J connectivity index is 2.57. The second kappa shape index (κ2) is 8.05. The molecule has 5 nitrogen and oxygen atoms in total. The van der Waals surface area contributed by atoms with E-state index in [9.17, 15) is 14.7 Å². The van der Waals surface area contributed by atoms with E-state index in [-0.39, 0.29) is 6.03 Å². The molecule has 1 fully saturated rings. The van der Waals surface area contributed by atoms with E-state index in [1.165, 1.54) is 4.90 Å². The summed E-state index contributed by atoms with van der Waals surface area (Å²) in [4.78, 5) is 25.3. The van der Waals surface area contributed by atoms with Crippen LogP contribution in [0.5, 0.6) is 0 Å². The SMILES string of the molecule is C#CCSCCNC(=O)N1CCCC1(CCC)C(=O)O. The van der Waals surface area contributed by atoms with Crippen LogP contribution in [-0.4, -0.2) is 52.1 Å². The highest BCUT2D eigenvalue weighted by molar-refractivity contribution is 7.99. The minimum Gasteiger partial charge on any atom is -0.479 e. The lowest BCUT2D eigenvalue weighted by Gasteiger charge is -2.34. The normalized spacial score (nSPS) is 21.5. The standard InChI is InChI=1S/C14H22N2O3S/c1-3-6-14(12(17)18)7-5-9-16(14)13(19)15-8-11-20-10-4-2/h2H,3,5-11H2,1H3,(H,15,19)(H,17,18). The van der Waals surface area contributed by atoms with E-state index in [0.29, 0.717) is 31.7 Å². The number of hydrogen-bond acceptors (Lipinski definition) is 3. The maximum Gasteiger partial charge on any atom is 0.329 e. The molecule has 0 spiro atoms. The minimum atomic E-state index is -1.02. The molecule has 2 N–H and O–H groups in total. The monoisotopic (exact) mass is 298 g/mol. The number of urea groups is 1.